The summed E-state index contributed by atoms with van der Waals surface area (Å²) in [6.45, 7) is 27.1. The van der Waals surface area contributed by atoms with Gasteiger partial charge in [-0.15, -0.1) is 5.54 Å². The molecule has 3 aliphatic rings. The van der Waals surface area contributed by atoms with Gasteiger partial charge in [0.25, 0.3) is 0 Å². The number of nitrogens with zero attached hydrogens (tertiary/aromatic N) is 2. The molecule has 1 aromatic rings. The van der Waals surface area contributed by atoms with Crippen LogP contribution in [0.15, 0.2) is 24.3 Å². The Labute approximate surface area is 349 Å². The summed E-state index contributed by atoms with van der Waals surface area (Å²) in [5, 5.41) is -0.0945. The summed E-state index contributed by atoms with van der Waals surface area (Å²) in [5.74, 6) is 1.65. The first kappa shape index (κ1) is 47.3. The average Bonchev–Trinajstić information content (AvgIpc) is 3.26. The summed E-state index contributed by atoms with van der Waals surface area (Å²) in [5.41, 5.74) is 2.25. The van der Waals surface area contributed by atoms with Crippen LogP contribution in [0, 0.1) is 29.2 Å². The molecule has 14 heteroatoms. The van der Waals surface area contributed by atoms with Crippen molar-refractivity contribution in [3.8, 4) is 17.2 Å². The molecule has 2 saturated heterocycles. The third-order valence-corrected chi connectivity index (χ3v) is 17.4. The number of esters is 2. The molecule has 12 nitrogen and oxygen atoms in total. The number of piperidine rings is 1. The average molecular weight is 843 g/mol. The van der Waals surface area contributed by atoms with E-state index >= 15 is 4.79 Å². The lowest BCUT2D eigenvalue weighted by atomic mass is 9.57. The highest BCUT2D eigenvalue weighted by Crippen LogP contribution is 2.60. The second kappa shape index (κ2) is 18.5. The van der Waals surface area contributed by atoms with Crippen LogP contribution in [0.4, 0.5) is 4.79 Å². The highest BCUT2D eigenvalue weighted by Gasteiger charge is 2.75. The van der Waals surface area contributed by atoms with Crippen LogP contribution in [0.5, 0.6) is 5.75 Å². The molecule has 1 saturated carbocycles. The Hall–Kier alpha value is -3.39. The van der Waals surface area contributed by atoms with E-state index in [2.05, 4.69) is 65.0 Å². The van der Waals surface area contributed by atoms with Gasteiger partial charge in [0, 0.05) is 57.9 Å². The molecular weight excluding hydrogens is 773 g/mol. The van der Waals surface area contributed by atoms with Crippen LogP contribution in [0.3, 0.4) is 0 Å². The van der Waals surface area contributed by atoms with Gasteiger partial charge in [-0.05, 0) is 82.3 Å². The van der Waals surface area contributed by atoms with Crippen LogP contribution in [0.25, 0.3) is 0 Å². The van der Waals surface area contributed by atoms with Gasteiger partial charge in [0.2, 0.25) is 12.0 Å². The molecule has 0 spiro atoms. The minimum absolute atomic E-state index is 0.0631. The fraction of sp³-hybridized carbons (Fsp3) is 0.727. The predicted octanol–water partition coefficient (Wildman–Crippen LogP) is 7.60. The first-order valence-electron chi connectivity index (χ1n) is 20.8. The molecule has 2 aliphatic heterocycles. The van der Waals surface area contributed by atoms with Crippen molar-refractivity contribution < 1.29 is 47.3 Å². The second-order valence-corrected chi connectivity index (χ2v) is 29.3. The van der Waals surface area contributed by atoms with Crippen LogP contribution in [0.2, 0.25) is 37.8 Å². The largest absolute Gasteiger partial charge is 0.497 e. The summed E-state index contributed by atoms with van der Waals surface area (Å²) in [4.78, 5) is 59.5. The van der Waals surface area contributed by atoms with Gasteiger partial charge in [0.1, 0.15) is 25.0 Å². The number of carbonyl (C=O) groups excluding carboxylic acids is 4. The van der Waals surface area contributed by atoms with Gasteiger partial charge in [-0.1, -0.05) is 58.5 Å². The zero-order chi connectivity index (χ0) is 43.4. The zero-order valence-electron chi connectivity index (χ0n) is 37.6. The van der Waals surface area contributed by atoms with Crippen molar-refractivity contribution in [3.63, 3.8) is 0 Å². The third-order valence-electron chi connectivity index (χ3n) is 12.0. The Bertz CT molecular complexity index is 1690. The molecule has 1 unspecified atom stereocenters. The van der Waals surface area contributed by atoms with Gasteiger partial charge in [-0.25, -0.2) is 4.79 Å². The van der Waals surface area contributed by atoms with E-state index in [9.17, 15) is 14.4 Å². The molecule has 2 amide bonds. The van der Waals surface area contributed by atoms with E-state index in [4.69, 9.17) is 28.1 Å². The van der Waals surface area contributed by atoms with Crippen molar-refractivity contribution in [3.05, 3.63) is 29.8 Å². The number of hydrogen-bond donors (Lipinski definition) is 0. The fourth-order valence-corrected chi connectivity index (χ4v) is 10.2. The molecule has 58 heavy (non-hydrogen) atoms. The van der Waals surface area contributed by atoms with E-state index in [-0.39, 0.29) is 29.4 Å². The Balaban J connectivity index is 1.87. The van der Waals surface area contributed by atoms with Crippen LogP contribution in [0.1, 0.15) is 86.6 Å². The lowest BCUT2D eigenvalue weighted by molar-refractivity contribution is -0.199. The highest BCUT2D eigenvalue weighted by atomic mass is 28.4. The molecule has 1 aliphatic carbocycles. The summed E-state index contributed by atoms with van der Waals surface area (Å²) < 4.78 is 36.8. The number of ether oxygens (including phenoxy) is 5. The van der Waals surface area contributed by atoms with E-state index in [0.29, 0.717) is 52.0 Å². The Morgan fingerprint density at radius 3 is 2.14 bits per heavy atom. The predicted molar refractivity (Wildman–Crippen MR) is 228 cm³/mol. The SMILES string of the molecule is COc1ccc(COCCCCN2C(=O)C3C[C@@H](CO[Si](C)(C)C(C)(C)C)[C@H]4N(C(=O)OC(C)(C)C)CC[C@H]3[C@]42[C@H](OC(C)=O)[C@H](C#C[Si](C)(C)C)OC(C)=O)cc1. The lowest BCUT2D eigenvalue weighted by Crippen LogP contribution is -2.78. The number of benzene rings is 1. The molecule has 0 aromatic heterocycles. The zero-order valence-corrected chi connectivity index (χ0v) is 39.6. The smallest absolute Gasteiger partial charge is 0.410 e. The molecule has 3 fully saturated rings. The third kappa shape index (κ3) is 11.1. The van der Waals surface area contributed by atoms with Gasteiger partial charge in [0.05, 0.1) is 19.8 Å². The molecule has 7 atom stereocenters. The Kier molecular flexibility index (Phi) is 15.1. The first-order valence-corrected chi connectivity index (χ1v) is 27.3. The van der Waals surface area contributed by atoms with Crippen LogP contribution in [-0.2, 0) is 44.4 Å². The Morgan fingerprint density at radius 2 is 1.59 bits per heavy atom. The number of unbranched alkanes of at least 4 members (excludes halogenated alkanes) is 1. The van der Waals surface area contributed by atoms with Gasteiger partial charge >= 0.3 is 18.0 Å². The van der Waals surface area contributed by atoms with E-state index in [1.54, 1.807) is 12.0 Å². The maximum atomic E-state index is 15.1. The van der Waals surface area contributed by atoms with Gasteiger partial charge in [-0.2, -0.15) is 0 Å². The fourth-order valence-electron chi connectivity index (χ4n) is 8.57. The normalized spacial score (nSPS) is 24.3. The van der Waals surface area contributed by atoms with Gasteiger partial charge < -0.3 is 37.9 Å². The van der Waals surface area contributed by atoms with Crippen molar-refractivity contribution in [1.29, 1.82) is 0 Å². The monoisotopic (exact) mass is 842 g/mol. The summed E-state index contributed by atoms with van der Waals surface area (Å²) >= 11 is 0. The molecule has 4 bridgehead atoms. The van der Waals surface area contributed by atoms with Crippen molar-refractivity contribution in [2.24, 2.45) is 17.8 Å². The van der Waals surface area contributed by atoms with Gasteiger partial charge in [0.15, 0.2) is 14.4 Å². The lowest BCUT2D eigenvalue weighted by Gasteiger charge is -2.61. The number of amides is 2. The molecule has 0 radical (unpaired) electrons. The minimum atomic E-state index is -2.32. The first-order chi connectivity index (χ1) is 26.8. The van der Waals surface area contributed by atoms with Crippen LogP contribution >= 0.6 is 0 Å². The Morgan fingerprint density at radius 1 is 0.948 bits per heavy atom. The van der Waals surface area contributed by atoms with Crippen molar-refractivity contribution in [2.75, 3.05) is 33.4 Å². The van der Waals surface area contributed by atoms with Crippen LogP contribution < -0.4 is 4.74 Å². The highest BCUT2D eigenvalue weighted by molar-refractivity contribution is 6.83. The number of rotatable bonds is 15. The molecular formula is C44H70N2O10Si2. The number of hydrogen-bond acceptors (Lipinski definition) is 10. The maximum Gasteiger partial charge on any atom is 0.410 e. The van der Waals surface area contributed by atoms with Crippen molar-refractivity contribution in [2.45, 2.75) is 155 Å². The van der Waals surface area contributed by atoms with Crippen LogP contribution in [-0.4, -0.2) is 113 Å². The van der Waals surface area contributed by atoms with Crippen molar-refractivity contribution in [1.82, 2.24) is 9.80 Å². The number of methoxy groups -OCH3 is 1. The quantitative estimate of drug-likeness (QED) is 0.0573. The van der Waals surface area contributed by atoms with E-state index < -0.39 is 69.7 Å². The summed E-state index contributed by atoms with van der Waals surface area (Å²) in [7, 11) is -2.76. The maximum absolute atomic E-state index is 15.1. The summed E-state index contributed by atoms with van der Waals surface area (Å²) in [6, 6.07) is 7.01. The summed E-state index contributed by atoms with van der Waals surface area (Å²) in [6.07, 6.45) is -0.786. The van der Waals surface area contributed by atoms with E-state index in [0.717, 1.165) is 11.3 Å². The standard InChI is InChI=1S/C44H70N2O10Si2/c1-30(47)54-37(22-26-57(10,11)12)39(55-31(2)48)44-36-21-24-45(41(50)56-42(3,4)5)38(44)33(29-53-58(13,14)43(6,7)8)27-35(36)40(49)46(44)23-15-16-25-52-28-32-17-19-34(51-9)20-18-32/h17-20,33,35-39H,15-16,21,23-25,27-29H2,1-14H3/t33-,35?,36+,37-,38+,39+,44+/m0/s1. The number of carbonyl (C=O) groups is 4. The number of likely N-dealkylation sites (tertiary alicyclic amines) is 2. The molecule has 2 heterocycles. The van der Waals surface area contributed by atoms with E-state index in [1.807, 2.05) is 49.9 Å². The molecule has 1 aromatic carbocycles. The molecule has 0 N–H and O–H groups in total. The van der Waals surface area contributed by atoms with Crippen molar-refractivity contribution >= 4 is 40.3 Å². The topological polar surface area (TPSA) is 130 Å². The second-order valence-electron chi connectivity index (χ2n) is 19.8. The minimum Gasteiger partial charge on any atom is -0.497 e. The molecule has 4 rings (SSSR count). The van der Waals surface area contributed by atoms with E-state index in [1.165, 1.54) is 13.8 Å². The molecule has 324 valence electrons. The van der Waals surface area contributed by atoms with Gasteiger partial charge in [-0.3, -0.25) is 14.4 Å².